The molecule has 8 nitrogen and oxygen atoms in total. The van der Waals surface area contributed by atoms with Crippen molar-refractivity contribution in [3.63, 3.8) is 0 Å². The minimum Gasteiger partial charge on any atom is -0.394 e. The van der Waals surface area contributed by atoms with Crippen LogP contribution in [-0.4, -0.2) is 41.2 Å². The van der Waals surface area contributed by atoms with Gasteiger partial charge in [-0.05, 0) is 12.1 Å². The summed E-state index contributed by atoms with van der Waals surface area (Å²) in [6.07, 6.45) is 6.74. The minimum absolute atomic E-state index is 0.0444. The molecule has 0 aliphatic heterocycles. The van der Waals surface area contributed by atoms with Crippen molar-refractivity contribution in [2.75, 3.05) is 11.9 Å². The number of nitrogens with zero attached hydrogens (tertiary/aromatic N) is 6. The van der Waals surface area contributed by atoms with E-state index in [1.165, 1.54) is 6.33 Å². The number of anilines is 2. The van der Waals surface area contributed by atoms with Crippen LogP contribution in [0.5, 0.6) is 0 Å². The van der Waals surface area contributed by atoms with Crippen LogP contribution in [0.25, 0.3) is 16.7 Å². The normalized spacial score (nSPS) is 11.0. The van der Waals surface area contributed by atoms with E-state index in [1.807, 2.05) is 36.5 Å². The molecule has 0 aliphatic carbocycles. The lowest BCUT2D eigenvalue weighted by Gasteiger charge is -2.05. The van der Waals surface area contributed by atoms with Gasteiger partial charge in [-0.1, -0.05) is 18.2 Å². The molecular formula is C16H15N7O. The fourth-order valence-electron chi connectivity index (χ4n) is 2.49. The molecule has 0 bridgehead atoms. The Kier molecular flexibility index (Phi) is 3.64. The number of aliphatic hydroxyl groups excluding tert-OH is 1. The fourth-order valence-corrected chi connectivity index (χ4v) is 2.49. The molecule has 120 valence electrons. The van der Waals surface area contributed by atoms with E-state index in [4.69, 9.17) is 5.11 Å². The first kappa shape index (κ1) is 14.3. The van der Waals surface area contributed by atoms with Crippen molar-refractivity contribution in [2.24, 2.45) is 0 Å². The Labute approximate surface area is 137 Å². The molecule has 0 amide bonds. The first-order chi connectivity index (χ1) is 11.8. The van der Waals surface area contributed by atoms with Gasteiger partial charge in [-0.2, -0.15) is 10.2 Å². The highest BCUT2D eigenvalue weighted by molar-refractivity contribution is 5.88. The van der Waals surface area contributed by atoms with Crippen LogP contribution in [0.3, 0.4) is 0 Å². The smallest absolute Gasteiger partial charge is 0.168 e. The molecule has 1 aromatic carbocycles. The average molecular weight is 321 g/mol. The molecule has 4 rings (SSSR count). The second-order valence-corrected chi connectivity index (χ2v) is 5.19. The second kappa shape index (κ2) is 6.09. The summed E-state index contributed by atoms with van der Waals surface area (Å²) in [7, 11) is 0. The summed E-state index contributed by atoms with van der Waals surface area (Å²) >= 11 is 0. The summed E-state index contributed by atoms with van der Waals surface area (Å²) in [6, 6.07) is 9.82. The number of benzene rings is 1. The summed E-state index contributed by atoms with van der Waals surface area (Å²) in [5, 5.41) is 21.6. The van der Waals surface area contributed by atoms with Gasteiger partial charge in [0.05, 0.1) is 42.3 Å². The largest absolute Gasteiger partial charge is 0.394 e. The van der Waals surface area contributed by atoms with Crippen LogP contribution >= 0.6 is 0 Å². The molecule has 0 atom stereocenters. The zero-order chi connectivity index (χ0) is 16.4. The van der Waals surface area contributed by atoms with Gasteiger partial charge in [0, 0.05) is 6.20 Å². The minimum atomic E-state index is 0.0444. The molecule has 4 aromatic rings. The summed E-state index contributed by atoms with van der Waals surface area (Å²) in [5.41, 5.74) is 2.45. The molecule has 0 spiro atoms. The lowest BCUT2D eigenvalue weighted by molar-refractivity contribution is 0.269. The molecule has 3 heterocycles. The van der Waals surface area contributed by atoms with Gasteiger partial charge in [0.1, 0.15) is 12.1 Å². The standard InChI is InChI=1S/C16H15N7O/c24-7-6-22-10-12(8-19-22)21-15-14-9-20-23(16(14)18-11-17-15)13-4-2-1-3-5-13/h1-5,8-11,24H,6-7H2,(H,17,18,21). The van der Waals surface area contributed by atoms with Crippen LogP contribution < -0.4 is 5.32 Å². The number of rotatable bonds is 5. The van der Waals surface area contributed by atoms with Crippen molar-refractivity contribution in [1.82, 2.24) is 29.5 Å². The molecule has 8 heteroatoms. The highest BCUT2D eigenvalue weighted by Gasteiger charge is 2.11. The maximum absolute atomic E-state index is 8.96. The molecule has 0 fully saturated rings. The third-order valence-electron chi connectivity index (χ3n) is 3.59. The SMILES string of the molecule is OCCn1cc(Nc2ncnc3c2cnn3-c2ccccc2)cn1. The highest BCUT2D eigenvalue weighted by atomic mass is 16.3. The zero-order valence-electron chi connectivity index (χ0n) is 12.7. The topological polar surface area (TPSA) is 93.7 Å². The van der Waals surface area contributed by atoms with Crippen LogP contribution in [0, 0.1) is 0 Å². The van der Waals surface area contributed by atoms with Gasteiger partial charge < -0.3 is 10.4 Å². The van der Waals surface area contributed by atoms with Gasteiger partial charge in [0.2, 0.25) is 0 Å². The van der Waals surface area contributed by atoms with Crippen LogP contribution in [-0.2, 0) is 6.54 Å². The lowest BCUT2D eigenvalue weighted by atomic mass is 10.3. The Bertz CT molecular complexity index is 961. The Morgan fingerprint density at radius 3 is 2.75 bits per heavy atom. The van der Waals surface area contributed by atoms with Gasteiger partial charge in [0.25, 0.3) is 0 Å². The van der Waals surface area contributed by atoms with E-state index in [-0.39, 0.29) is 6.61 Å². The highest BCUT2D eigenvalue weighted by Crippen LogP contribution is 2.24. The Morgan fingerprint density at radius 1 is 1.04 bits per heavy atom. The second-order valence-electron chi connectivity index (χ2n) is 5.19. The van der Waals surface area contributed by atoms with E-state index < -0.39 is 0 Å². The summed E-state index contributed by atoms with van der Waals surface area (Å²) < 4.78 is 3.44. The number of hydrogen-bond acceptors (Lipinski definition) is 6. The third-order valence-corrected chi connectivity index (χ3v) is 3.59. The Balaban J connectivity index is 1.70. The molecule has 0 saturated carbocycles. The summed E-state index contributed by atoms with van der Waals surface area (Å²) in [5.74, 6) is 0.658. The predicted octanol–water partition coefficient (Wildman–Crippen LogP) is 1.75. The average Bonchev–Trinajstić information content (AvgIpc) is 3.24. The predicted molar refractivity (Wildman–Crippen MR) is 89.3 cm³/mol. The number of nitrogens with one attached hydrogen (secondary N) is 1. The fraction of sp³-hybridized carbons (Fsp3) is 0.125. The molecule has 0 aliphatic rings. The number of para-hydroxylation sites is 1. The van der Waals surface area contributed by atoms with E-state index in [1.54, 1.807) is 21.8 Å². The van der Waals surface area contributed by atoms with Crippen LogP contribution in [0.15, 0.2) is 55.2 Å². The van der Waals surface area contributed by atoms with Crippen LogP contribution in [0.4, 0.5) is 11.5 Å². The Morgan fingerprint density at radius 2 is 1.92 bits per heavy atom. The van der Waals surface area contributed by atoms with Gasteiger partial charge in [-0.3, -0.25) is 4.68 Å². The van der Waals surface area contributed by atoms with Crippen molar-refractivity contribution in [3.8, 4) is 5.69 Å². The maximum Gasteiger partial charge on any atom is 0.168 e. The summed E-state index contributed by atoms with van der Waals surface area (Å²) in [4.78, 5) is 8.65. The number of hydrogen-bond donors (Lipinski definition) is 2. The first-order valence-corrected chi connectivity index (χ1v) is 7.49. The van der Waals surface area contributed by atoms with E-state index >= 15 is 0 Å². The van der Waals surface area contributed by atoms with Crippen molar-refractivity contribution in [3.05, 3.63) is 55.2 Å². The Hall–Kier alpha value is -3.26. The van der Waals surface area contributed by atoms with Crippen LogP contribution in [0.1, 0.15) is 0 Å². The van der Waals surface area contributed by atoms with Gasteiger partial charge in [-0.15, -0.1) is 0 Å². The van der Waals surface area contributed by atoms with E-state index in [9.17, 15) is 0 Å². The number of aliphatic hydroxyl groups is 1. The summed E-state index contributed by atoms with van der Waals surface area (Å²) in [6.45, 7) is 0.496. The molecule has 24 heavy (non-hydrogen) atoms. The lowest BCUT2D eigenvalue weighted by Crippen LogP contribution is -2.01. The van der Waals surface area contributed by atoms with E-state index in [0.29, 0.717) is 12.4 Å². The molecular weight excluding hydrogens is 306 g/mol. The monoisotopic (exact) mass is 321 g/mol. The van der Waals surface area contributed by atoms with Crippen molar-refractivity contribution in [1.29, 1.82) is 0 Å². The quantitative estimate of drug-likeness (QED) is 0.581. The van der Waals surface area contributed by atoms with Gasteiger partial charge >= 0.3 is 0 Å². The molecule has 0 saturated heterocycles. The van der Waals surface area contributed by atoms with Gasteiger partial charge in [-0.25, -0.2) is 14.6 Å². The first-order valence-electron chi connectivity index (χ1n) is 7.49. The van der Waals surface area contributed by atoms with E-state index in [0.717, 1.165) is 22.4 Å². The van der Waals surface area contributed by atoms with Crippen molar-refractivity contribution < 1.29 is 5.11 Å². The van der Waals surface area contributed by atoms with Crippen LogP contribution in [0.2, 0.25) is 0 Å². The third kappa shape index (κ3) is 2.59. The van der Waals surface area contributed by atoms with Crippen molar-refractivity contribution >= 4 is 22.5 Å². The molecule has 0 unspecified atom stereocenters. The molecule has 0 radical (unpaired) electrons. The zero-order valence-corrected chi connectivity index (χ0v) is 12.7. The van der Waals surface area contributed by atoms with E-state index in [2.05, 4.69) is 25.5 Å². The molecule has 2 N–H and O–H groups in total. The number of fused-ring (bicyclic) bond motifs is 1. The molecule has 3 aromatic heterocycles. The van der Waals surface area contributed by atoms with Gasteiger partial charge in [0.15, 0.2) is 5.65 Å². The number of aromatic nitrogens is 6. The maximum atomic E-state index is 8.96. The van der Waals surface area contributed by atoms with Crippen molar-refractivity contribution in [2.45, 2.75) is 6.54 Å².